The normalized spacial score (nSPS) is 18.0. The molecule has 0 unspecified atom stereocenters. The third-order valence-electron chi connectivity index (χ3n) is 5.90. The Balaban J connectivity index is 1.41. The number of nitrogens with two attached hydrogens (primary N) is 1. The predicted octanol–water partition coefficient (Wildman–Crippen LogP) is 3.13. The van der Waals surface area contributed by atoms with Crippen molar-refractivity contribution in [1.82, 2.24) is 24.4 Å². The van der Waals surface area contributed by atoms with Crippen molar-refractivity contribution >= 4 is 23.1 Å². The smallest absolute Gasteiger partial charge is 0.409 e. The highest BCUT2D eigenvalue weighted by molar-refractivity contribution is 5.82. The summed E-state index contributed by atoms with van der Waals surface area (Å²) in [4.78, 5) is 26.9. The highest BCUT2D eigenvalue weighted by Crippen LogP contribution is 2.32. The largest absolute Gasteiger partial charge is 0.450 e. The van der Waals surface area contributed by atoms with Crippen molar-refractivity contribution in [2.24, 2.45) is 5.92 Å². The fourth-order valence-corrected chi connectivity index (χ4v) is 4.25. The summed E-state index contributed by atoms with van der Waals surface area (Å²) in [5, 5.41) is 0. The molecule has 1 amide bonds. The van der Waals surface area contributed by atoms with E-state index in [9.17, 15) is 4.79 Å². The first kappa shape index (κ1) is 19.5. The van der Waals surface area contributed by atoms with Crippen molar-refractivity contribution < 1.29 is 9.53 Å². The Morgan fingerprint density at radius 2 is 2.00 bits per heavy atom. The molecule has 8 heteroatoms. The van der Waals surface area contributed by atoms with E-state index in [0.29, 0.717) is 35.7 Å². The van der Waals surface area contributed by atoms with Crippen LogP contribution in [0.4, 0.5) is 10.6 Å². The van der Waals surface area contributed by atoms with Gasteiger partial charge in [0, 0.05) is 25.6 Å². The number of carbonyl (C=O) groups excluding carboxylic acids is 1. The molecule has 0 radical (unpaired) electrons. The summed E-state index contributed by atoms with van der Waals surface area (Å²) >= 11 is 0. The Labute approximate surface area is 170 Å². The highest BCUT2D eigenvalue weighted by Gasteiger charge is 2.23. The second kappa shape index (κ2) is 8.68. The third kappa shape index (κ3) is 4.29. The maximum atomic E-state index is 11.8. The van der Waals surface area contributed by atoms with Crippen LogP contribution in [0.3, 0.4) is 0 Å². The minimum atomic E-state index is -0.215. The van der Waals surface area contributed by atoms with Crippen molar-refractivity contribution in [1.29, 1.82) is 0 Å². The number of hydrogen-bond donors (Lipinski definition) is 1. The molecule has 1 saturated heterocycles. The van der Waals surface area contributed by atoms with Crippen LogP contribution in [-0.2, 0) is 4.74 Å². The number of aromatic nitrogens is 4. The Bertz CT molecular complexity index is 930. The molecule has 2 fully saturated rings. The van der Waals surface area contributed by atoms with Gasteiger partial charge in [-0.1, -0.05) is 18.8 Å². The lowest BCUT2D eigenvalue weighted by Gasteiger charge is -2.30. The predicted molar refractivity (Wildman–Crippen MR) is 110 cm³/mol. The molecule has 2 N–H and O–H groups in total. The van der Waals surface area contributed by atoms with Crippen LogP contribution in [0.1, 0.15) is 63.7 Å². The zero-order valence-corrected chi connectivity index (χ0v) is 16.9. The molecule has 1 aliphatic carbocycles. The van der Waals surface area contributed by atoms with Gasteiger partial charge in [-0.3, -0.25) is 0 Å². The van der Waals surface area contributed by atoms with E-state index in [1.807, 2.05) is 13.3 Å². The third-order valence-corrected chi connectivity index (χ3v) is 5.90. The molecule has 1 saturated carbocycles. The summed E-state index contributed by atoms with van der Waals surface area (Å²) in [5.74, 6) is 7.62. The molecule has 1 aliphatic heterocycles. The lowest BCUT2D eigenvalue weighted by Crippen LogP contribution is -2.38. The number of nitrogens with zero attached hydrogens (tertiary/aromatic N) is 5. The van der Waals surface area contributed by atoms with Gasteiger partial charge in [-0.25, -0.2) is 19.7 Å². The molecule has 3 heterocycles. The second-order valence-corrected chi connectivity index (χ2v) is 7.83. The monoisotopic (exact) mass is 396 g/mol. The molecule has 2 aliphatic rings. The number of amides is 1. The topological polar surface area (TPSA) is 99.2 Å². The summed E-state index contributed by atoms with van der Waals surface area (Å²) in [5.41, 5.74) is 7.56. The number of fused-ring (bicyclic) bond motifs is 1. The number of nitrogen functional groups attached to an aromatic ring is 1. The molecule has 4 rings (SSSR count). The summed E-state index contributed by atoms with van der Waals surface area (Å²) in [6.07, 6.45) is 9.04. The van der Waals surface area contributed by atoms with E-state index in [2.05, 4.69) is 31.4 Å². The van der Waals surface area contributed by atoms with E-state index >= 15 is 0 Å². The van der Waals surface area contributed by atoms with Crippen LogP contribution in [0.25, 0.3) is 11.2 Å². The van der Waals surface area contributed by atoms with Gasteiger partial charge < -0.3 is 19.9 Å². The number of piperidine rings is 1. The minimum absolute atomic E-state index is 0.215. The van der Waals surface area contributed by atoms with E-state index in [4.69, 9.17) is 10.5 Å². The number of hydrogen-bond acceptors (Lipinski definition) is 6. The lowest BCUT2D eigenvalue weighted by atomic mass is 9.94. The summed E-state index contributed by atoms with van der Waals surface area (Å²) in [6.45, 7) is 3.69. The van der Waals surface area contributed by atoms with Crippen LogP contribution in [0.2, 0.25) is 0 Å². The molecule has 0 aromatic carbocycles. The van der Waals surface area contributed by atoms with Crippen molar-refractivity contribution in [3.05, 3.63) is 12.2 Å². The number of ether oxygens (including phenoxy) is 1. The standard InChI is InChI=1S/C21H28N6O2/c1-2-29-21(28)26-12-10-15(11-13-26)6-5-9-17-24-19(22)18-20(25-17)27(14-23-18)16-7-3-4-8-16/h14-16H,2-4,6-8,10-13H2,1H3,(H2,22,24,25). The SMILES string of the molecule is CCOC(=O)N1CCC(CC#Cc2nc(N)c3ncn(C4CCCC4)c3n2)CC1. The maximum Gasteiger partial charge on any atom is 0.409 e. The first-order valence-electron chi connectivity index (χ1n) is 10.6. The fourth-order valence-electron chi connectivity index (χ4n) is 4.25. The van der Waals surface area contributed by atoms with Crippen molar-refractivity contribution in [2.75, 3.05) is 25.4 Å². The van der Waals surface area contributed by atoms with E-state index in [1.165, 1.54) is 12.8 Å². The van der Waals surface area contributed by atoms with Crippen LogP contribution in [-0.4, -0.2) is 50.2 Å². The van der Waals surface area contributed by atoms with Gasteiger partial charge in [0.2, 0.25) is 5.82 Å². The summed E-state index contributed by atoms with van der Waals surface area (Å²) < 4.78 is 7.20. The number of anilines is 1. The molecule has 154 valence electrons. The quantitative estimate of drug-likeness (QED) is 0.800. The van der Waals surface area contributed by atoms with E-state index in [-0.39, 0.29) is 6.09 Å². The van der Waals surface area contributed by atoms with Gasteiger partial charge in [0.25, 0.3) is 0 Å². The Morgan fingerprint density at radius 1 is 1.24 bits per heavy atom. The average Bonchev–Trinajstić information content (AvgIpc) is 3.38. The van der Waals surface area contributed by atoms with E-state index in [0.717, 1.165) is 50.8 Å². The number of likely N-dealkylation sites (tertiary alicyclic amines) is 1. The number of carbonyl (C=O) groups is 1. The molecule has 2 aromatic heterocycles. The molecular formula is C21H28N6O2. The van der Waals surface area contributed by atoms with Crippen molar-refractivity contribution in [2.45, 2.75) is 57.9 Å². The Morgan fingerprint density at radius 3 is 2.72 bits per heavy atom. The first-order valence-corrected chi connectivity index (χ1v) is 10.6. The van der Waals surface area contributed by atoms with Gasteiger partial charge in [-0.15, -0.1) is 0 Å². The van der Waals surface area contributed by atoms with Gasteiger partial charge in [0.05, 0.1) is 12.9 Å². The van der Waals surface area contributed by atoms with E-state index < -0.39 is 0 Å². The van der Waals surface area contributed by atoms with Gasteiger partial charge in [0.15, 0.2) is 11.5 Å². The van der Waals surface area contributed by atoms with Crippen LogP contribution >= 0.6 is 0 Å². The molecule has 29 heavy (non-hydrogen) atoms. The second-order valence-electron chi connectivity index (χ2n) is 7.83. The number of rotatable bonds is 3. The first-order chi connectivity index (χ1) is 14.2. The molecular weight excluding hydrogens is 368 g/mol. The van der Waals surface area contributed by atoms with Crippen LogP contribution in [0.15, 0.2) is 6.33 Å². The minimum Gasteiger partial charge on any atom is -0.450 e. The fraction of sp³-hybridized carbons (Fsp3) is 0.619. The van der Waals surface area contributed by atoms with Gasteiger partial charge in [-0.05, 0) is 44.4 Å². The maximum absolute atomic E-state index is 11.8. The van der Waals surface area contributed by atoms with Gasteiger partial charge >= 0.3 is 6.09 Å². The van der Waals surface area contributed by atoms with Gasteiger partial charge in [0.1, 0.15) is 5.52 Å². The summed E-state index contributed by atoms with van der Waals surface area (Å²) in [6, 6.07) is 0.444. The van der Waals surface area contributed by atoms with Crippen LogP contribution < -0.4 is 5.73 Å². The molecule has 0 atom stereocenters. The molecule has 0 spiro atoms. The van der Waals surface area contributed by atoms with Crippen molar-refractivity contribution in [3.63, 3.8) is 0 Å². The van der Waals surface area contributed by atoms with Crippen LogP contribution in [0.5, 0.6) is 0 Å². The van der Waals surface area contributed by atoms with Crippen molar-refractivity contribution in [3.8, 4) is 11.8 Å². The zero-order chi connectivity index (χ0) is 20.2. The highest BCUT2D eigenvalue weighted by atomic mass is 16.6. The lowest BCUT2D eigenvalue weighted by molar-refractivity contribution is 0.0922. The molecule has 0 bridgehead atoms. The summed E-state index contributed by atoms with van der Waals surface area (Å²) in [7, 11) is 0. The molecule has 8 nitrogen and oxygen atoms in total. The Hall–Kier alpha value is -2.82. The molecule has 2 aromatic rings. The number of imidazole rings is 1. The Kier molecular flexibility index (Phi) is 5.84. The van der Waals surface area contributed by atoms with Crippen LogP contribution in [0, 0.1) is 17.8 Å². The average molecular weight is 396 g/mol. The van der Waals surface area contributed by atoms with Gasteiger partial charge in [-0.2, -0.15) is 0 Å². The van der Waals surface area contributed by atoms with E-state index in [1.54, 1.807) is 4.90 Å². The zero-order valence-electron chi connectivity index (χ0n) is 16.9.